The van der Waals surface area contributed by atoms with Crippen LogP contribution in [0, 0.1) is 0 Å². The molecule has 0 bridgehead atoms. The van der Waals surface area contributed by atoms with Gasteiger partial charge in [-0.15, -0.1) is 35.3 Å². The van der Waals surface area contributed by atoms with Crippen LogP contribution in [-0.2, 0) is 14.4 Å². The number of pyridine rings is 1. The average molecular weight is 946 g/mol. The zero-order valence-corrected chi connectivity index (χ0v) is 42.2. The molecule has 4 aliphatic carbocycles. The molecular formula is C59H63NO4S3. The molecule has 1 heterocycles. The monoisotopic (exact) mass is 945 g/mol. The predicted octanol–water partition coefficient (Wildman–Crippen LogP) is 16.1. The van der Waals surface area contributed by atoms with Crippen LogP contribution in [0.25, 0.3) is 33.4 Å². The van der Waals surface area contributed by atoms with E-state index in [4.69, 9.17) is 0 Å². The second-order valence-corrected chi connectivity index (χ2v) is 24.4. The van der Waals surface area contributed by atoms with Crippen LogP contribution in [0.1, 0.15) is 134 Å². The average Bonchev–Trinajstić information content (AvgIpc) is 4.14. The number of hydrogen-bond acceptors (Lipinski definition) is 7. The maximum atomic E-state index is 12.1. The maximum absolute atomic E-state index is 12.1. The first-order valence-electron chi connectivity index (χ1n) is 23.9. The van der Waals surface area contributed by atoms with E-state index in [9.17, 15) is 19.5 Å². The fourth-order valence-electron chi connectivity index (χ4n) is 8.17. The van der Waals surface area contributed by atoms with Crippen molar-refractivity contribution in [3.63, 3.8) is 0 Å². The van der Waals surface area contributed by atoms with E-state index in [-0.39, 0.29) is 10.5 Å². The third-order valence-electron chi connectivity index (χ3n) is 13.5. The van der Waals surface area contributed by atoms with Gasteiger partial charge in [0.2, 0.25) is 0 Å². The number of benzene rings is 5. The lowest BCUT2D eigenvalue weighted by molar-refractivity contribution is -0.138. The minimum Gasteiger partial charge on any atom is -0.480 e. The molecule has 67 heavy (non-hydrogen) atoms. The van der Waals surface area contributed by atoms with Crippen LogP contribution in [0.5, 0.6) is 0 Å². The Morgan fingerprint density at radius 3 is 1.34 bits per heavy atom. The van der Waals surface area contributed by atoms with Crippen molar-refractivity contribution < 1.29 is 19.5 Å². The quantitative estimate of drug-likeness (QED) is 0.102. The van der Waals surface area contributed by atoms with E-state index in [1.54, 1.807) is 51.2 Å². The lowest BCUT2D eigenvalue weighted by Crippen LogP contribution is -2.40. The van der Waals surface area contributed by atoms with Crippen LogP contribution in [0.4, 0.5) is 0 Å². The number of hydrogen-bond donors (Lipinski definition) is 1. The molecule has 0 saturated heterocycles. The Hall–Kier alpha value is -4.89. The van der Waals surface area contributed by atoms with Gasteiger partial charge >= 0.3 is 5.97 Å². The van der Waals surface area contributed by atoms with Crippen LogP contribution in [0.3, 0.4) is 0 Å². The van der Waals surface area contributed by atoms with Crippen molar-refractivity contribution in [3.05, 3.63) is 156 Å². The van der Waals surface area contributed by atoms with Crippen molar-refractivity contribution in [2.75, 3.05) is 0 Å². The third-order valence-corrected chi connectivity index (χ3v) is 17.8. The highest BCUT2D eigenvalue weighted by Gasteiger charge is 2.43. The Morgan fingerprint density at radius 2 is 0.955 bits per heavy atom. The zero-order valence-electron chi connectivity index (χ0n) is 39.7. The Morgan fingerprint density at radius 1 is 0.537 bits per heavy atom. The molecule has 4 saturated carbocycles. The van der Waals surface area contributed by atoms with Crippen molar-refractivity contribution in [2.45, 2.75) is 146 Å². The zero-order chi connectivity index (χ0) is 47.3. The van der Waals surface area contributed by atoms with Crippen molar-refractivity contribution in [1.29, 1.82) is 0 Å². The molecule has 0 radical (unpaired) electrons. The minimum atomic E-state index is -0.843. The summed E-state index contributed by atoms with van der Waals surface area (Å²) in [5.41, 5.74) is 11.1. The number of carboxylic acid groups (broad SMARTS) is 1. The third kappa shape index (κ3) is 12.2. The Balaban J connectivity index is 0.000000136. The second kappa shape index (κ2) is 20.8. The molecule has 0 amide bonds. The number of Topliss-reactive ketones (excluding diaryl/α,β-unsaturated/α-hetero) is 2. The number of rotatable bonds is 15. The second-order valence-electron chi connectivity index (χ2n) is 19.6. The van der Waals surface area contributed by atoms with E-state index in [1.165, 1.54) is 89.6 Å². The summed E-state index contributed by atoms with van der Waals surface area (Å²) in [6, 6.07) is 46.8. The fraction of sp³-hybridized carbons (Fsp3) is 0.356. The normalized spacial score (nSPS) is 16.3. The lowest BCUT2D eigenvalue weighted by Gasteiger charge is -2.39. The van der Waals surface area contributed by atoms with Gasteiger partial charge in [-0.25, -0.2) is 0 Å². The Kier molecular flexibility index (Phi) is 15.1. The first kappa shape index (κ1) is 48.6. The molecule has 4 aliphatic rings. The summed E-state index contributed by atoms with van der Waals surface area (Å²) in [6.07, 6.45) is 13.0. The molecule has 10 rings (SSSR count). The van der Waals surface area contributed by atoms with Gasteiger partial charge in [0, 0.05) is 38.1 Å². The molecule has 4 fully saturated rings. The topological polar surface area (TPSA) is 84.3 Å². The van der Waals surface area contributed by atoms with Crippen LogP contribution < -0.4 is 0 Å². The molecule has 5 nitrogen and oxygen atoms in total. The molecule has 1 N–H and O–H groups in total. The van der Waals surface area contributed by atoms with E-state index >= 15 is 0 Å². The summed E-state index contributed by atoms with van der Waals surface area (Å²) in [5, 5.41) is 9.35. The maximum Gasteiger partial charge on any atom is 0.319 e. The number of carbonyl (C=O) groups is 3. The molecule has 5 aromatic carbocycles. The standard InChI is InChI=1S/C21H22OS.C19H21NOS.C19H20O2S/c1-15(22)21(13-4-14-21)23-20-6-3-2-5-19(20)18-11-9-17(10-12-18)16-7-8-16;1-13(21)19(2,3)22-18-7-5-4-6-16(18)15-10-11-17(20-12-15)14-8-9-14;1-19(2,18(20)21)22-17-6-4-3-5-16(17)15-11-9-14(10-12-15)13-7-8-13/h2-3,5-6,9-12,16H,4,7-8,13-14H2,1H3;4-7,10-12,14H,8-9H2,1-3H3;3-6,9-13H,7-8H2,1-2H3,(H,20,21). The summed E-state index contributed by atoms with van der Waals surface area (Å²) in [7, 11) is 0. The van der Waals surface area contributed by atoms with Crippen LogP contribution in [0.15, 0.2) is 154 Å². The van der Waals surface area contributed by atoms with Crippen LogP contribution >= 0.6 is 35.3 Å². The summed E-state index contributed by atoms with van der Waals surface area (Å²) in [6.45, 7) is 10.8. The van der Waals surface area contributed by atoms with Crippen molar-refractivity contribution >= 4 is 52.8 Å². The Bertz CT molecular complexity index is 2570. The van der Waals surface area contributed by atoms with Crippen molar-refractivity contribution in [3.8, 4) is 33.4 Å². The highest BCUT2D eigenvalue weighted by atomic mass is 32.2. The SMILES string of the molecule is CC(=O)C(C)(C)Sc1ccccc1-c1ccc(C2CC2)nc1.CC(=O)C1(Sc2ccccc2-c2ccc(C3CC3)cc2)CCC1.CC(C)(Sc1ccccc1-c1ccc(C2CC2)cc1)C(=O)O. The Labute approximate surface area is 410 Å². The molecule has 346 valence electrons. The summed E-state index contributed by atoms with van der Waals surface area (Å²) < 4.78 is -1.44. The number of carbonyl (C=O) groups excluding carboxylic acids is 2. The number of aliphatic carboxylic acids is 1. The highest BCUT2D eigenvalue weighted by molar-refractivity contribution is 8.02. The summed E-state index contributed by atoms with van der Waals surface area (Å²) in [5.74, 6) is 1.95. The first-order valence-corrected chi connectivity index (χ1v) is 26.3. The number of ketones is 2. The minimum absolute atomic E-state index is 0.177. The van der Waals surface area contributed by atoms with Gasteiger partial charge in [-0.05, 0) is 174 Å². The number of aromatic nitrogens is 1. The smallest absolute Gasteiger partial charge is 0.319 e. The molecule has 0 atom stereocenters. The van der Waals surface area contributed by atoms with Gasteiger partial charge in [-0.1, -0.05) is 109 Å². The van der Waals surface area contributed by atoms with Gasteiger partial charge in [-0.3, -0.25) is 19.4 Å². The molecule has 0 spiro atoms. The molecule has 0 aliphatic heterocycles. The number of carboxylic acids is 1. The molecular weight excluding hydrogens is 883 g/mol. The van der Waals surface area contributed by atoms with Crippen LogP contribution in [0.2, 0.25) is 0 Å². The van der Waals surface area contributed by atoms with Gasteiger partial charge in [0.25, 0.3) is 0 Å². The van der Waals surface area contributed by atoms with E-state index in [0.29, 0.717) is 11.7 Å². The van der Waals surface area contributed by atoms with Crippen molar-refractivity contribution in [2.24, 2.45) is 0 Å². The van der Waals surface area contributed by atoms with E-state index in [1.807, 2.05) is 50.4 Å². The number of thioether (sulfide) groups is 3. The number of nitrogens with zero attached hydrogens (tertiary/aromatic N) is 1. The molecule has 6 aromatic rings. The van der Waals surface area contributed by atoms with Crippen LogP contribution in [-0.4, -0.2) is 41.9 Å². The molecule has 8 heteroatoms. The van der Waals surface area contributed by atoms with E-state index in [0.717, 1.165) is 56.7 Å². The highest BCUT2D eigenvalue weighted by Crippen LogP contribution is 2.51. The largest absolute Gasteiger partial charge is 0.480 e. The van der Waals surface area contributed by atoms with Crippen molar-refractivity contribution in [1.82, 2.24) is 4.98 Å². The van der Waals surface area contributed by atoms with Gasteiger partial charge in [-0.2, -0.15) is 0 Å². The van der Waals surface area contributed by atoms with Gasteiger partial charge in [0.05, 0.1) is 9.49 Å². The summed E-state index contributed by atoms with van der Waals surface area (Å²) >= 11 is 4.80. The van der Waals surface area contributed by atoms with E-state index in [2.05, 4.69) is 108 Å². The van der Waals surface area contributed by atoms with Gasteiger partial charge < -0.3 is 5.11 Å². The first-order chi connectivity index (χ1) is 32.1. The molecule has 1 aromatic heterocycles. The van der Waals surface area contributed by atoms with E-state index < -0.39 is 15.5 Å². The lowest BCUT2D eigenvalue weighted by atomic mass is 9.81. The van der Waals surface area contributed by atoms with Gasteiger partial charge in [0.1, 0.15) is 16.3 Å². The van der Waals surface area contributed by atoms with Gasteiger partial charge in [0.15, 0.2) is 0 Å². The summed E-state index contributed by atoms with van der Waals surface area (Å²) in [4.78, 5) is 43.3. The molecule has 0 unspecified atom stereocenters. The predicted molar refractivity (Wildman–Crippen MR) is 281 cm³/mol. The fourth-order valence-corrected chi connectivity index (χ4v) is 11.9.